The Bertz CT molecular complexity index is 1600. The van der Waals surface area contributed by atoms with Crippen molar-refractivity contribution in [1.82, 2.24) is 0 Å². The normalized spacial score (nSPS) is 15.0. The molecule has 0 amide bonds. The molecule has 0 aromatic heterocycles. The van der Waals surface area contributed by atoms with Crippen LogP contribution in [0.4, 0.5) is 0 Å². The number of carboxylic acids is 1. The van der Waals surface area contributed by atoms with Crippen LogP contribution in [-0.2, 0) is 37.5 Å². The highest BCUT2D eigenvalue weighted by molar-refractivity contribution is 7.47. The van der Waals surface area contributed by atoms with Gasteiger partial charge in [-0.25, -0.2) is 4.57 Å². The molecule has 0 radical (unpaired) electrons. The van der Waals surface area contributed by atoms with Crippen LogP contribution >= 0.6 is 7.82 Å². The molecular formula is C50H74NO10P. The molecule has 11 nitrogen and oxygen atoms in total. The van der Waals surface area contributed by atoms with Crippen LogP contribution in [0, 0.1) is 0 Å². The van der Waals surface area contributed by atoms with Gasteiger partial charge in [0.15, 0.2) is 6.10 Å². The predicted octanol–water partition coefficient (Wildman–Crippen LogP) is 11.9. The van der Waals surface area contributed by atoms with E-state index >= 15 is 0 Å². The highest BCUT2D eigenvalue weighted by atomic mass is 31.2. The van der Waals surface area contributed by atoms with E-state index in [-0.39, 0.29) is 12.8 Å². The second-order valence-corrected chi connectivity index (χ2v) is 15.2. The van der Waals surface area contributed by atoms with Gasteiger partial charge in [-0.15, -0.1) is 0 Å². The number of phosphoric ester groups is 1. The van der Waals surface area contributed by atoms with Crippen molar-refractivity contribution in [3.05, 3.63) is 146 Å². The number of rotatable bonds is 38. The maximum absolute atomic E-state index is 12.6. The maximum atomic E-state index is 12.6. The summed E-state index contributed by atoms with van der Waals surface area (Å²) in [6.45, 7) is 2.39. The molecule has 0 spiro atoms. The third kappa shape index (κ3) is 42.1. The molecule has 4 N–H and O–H groups in total. The predicted molar refractivity (Wildman–Crippen MR) is 253 cm³/mol. The van der Waals surface area contributed by atoms with Crippen LogP contribution in [0.3, 0.4) is 0 Å². The summed E-state index contributed by atoms with van der Waals surface area (Å²) in [4.78, 5) is 45.9. The molecule has 0 fully saturated rings. The number of phosphoric acid groups is 1. The van der Waals surface area contributed by atoms with E-state index in [2.05, 4.69) is 128 Å². The van der Waals surface area contributed by atoms with Crippen molar-refractivity contribution in [3.8, 4) is 0 Å². The van der Waals surface area contributed by atoms with E-state index < -0.39 is 57.7 Å². The van der Waals surface area contributed by atoms with E-state index in [1.165, 1.54) is 0 Å². The number of nitrogens with two attached hydrogens (primary N) is 1. The number of ether oxygens (including phenoxy) is 2. The summed E-state index contributed by atoms with van der Waals surface area (Å²) < 4.78 is 32.5. The molecule has 0 saturated carbocycles. The van der Waals surface area contributed by atoms with Crippen LogP contribution in [0.25, 0.3) is 0 Å². The summed E-state index contributed by atoms with van der Waals surface area (Å²) in [6, 6.07) is -1.55. The minimum absolute atomic E-state index is 0.00997. The molecule has 0 aliphatic carbocycles. The van der Waals surface area contributed by atoms with E-state index in [9.17, 15) is 23.8 Å². The summed E-state index contributed by atoms with van der Waals surface area (Å²) in [5.41, 5.74) is 5.32. The van der Waals surface area contributed by atoms with Gasteiger partial charge in [0.2, 0.25) is 0 Å². The Balaban J connectivity index is 4.64. The number of aliphatic carboxylic acids is 1. The van der Waals surface area contributed by atoms with E-state index in [1.54, 1.807) is 0 Å². The molecule has 3 atom stereocenters. The van der Waals surface area contributed by atoms with Gasteiger partial charge in [0.05, 0.1) is 13.2 Å². The maximum Gasteiger partial charge on any atom is 0.472 e. The SMILES string of the molecule is CC/C=C\C/C=C\C/C=C\C/C=C\C/C=C\C/C=C\CCC(=O)OCC(COP(=O)(O)OCC(N)C(=O)O)OC(=O)CC/C=C\C/C=C\C/C=C\C/C=C\C/C=C\C/C=C\CC. The van der Waals surface area contributed by atoms with E-state index in [0.717, 1.165) is 70.6 Å². The third-order valence-corrected chi connectivity index (χ3v) is 9.06. The number of hydrogen-bond donors (Lipinski definition) is 3. The van der Waals surface area contributed by atoms with Gasteiger partial charge < -0.3 is 25.2 Å². The van der Waals surface area contributed by atoms with Crippen molar-refractivity contribution < 1.29 is 47.5 Å². The van der Waals surface area contributed by atoms with Gasteiger partial charge in [-0.05, 0) is 89.9 Å². The smallest absolute Gasteiger partial charge is 0.472 e. The molecule has 0 aliphatic heterocycles. The van der Waals surface area contributed by atoms with Crippen molar-refractivity contribution in [3.63, 3.8) is 0 Å². The minimum atomic E-state index is -4.77. The first kappa shape index (κ1) is 57.4. The summed E-state index contributed by atoms with van der Waals surface area (Å²) in [7, 11) is -4.77. The Morgan fingerprint density at radius 3 is 1.13 bits per heavy atom. The summed E-state index contributed by atoms with van der Waals surface area (Å²) >= 11 is 0. The second kappa shape index (κ2) is 43.0. The standard InChI is InChI=1S/C50H74NO10P/c1-3-5-7-9-11-13-15-17-19-21-23-25-27-29-31-33-35-37-39-41-48(52)58-43-46(44-59-62(56,57)60-45-47(51)50(54)55)61-49(53)42-40-38-36-34-32-30-28-26-24-22-20-18-16-14-12-10-8-6-4-2/h5-8,11-14,17-20,23-26,29-32,35-38,46-47H,3-4,9-10,15-16,21-22,27-28,33-34,39-45,51H2,1-2H3,(H,54,55)(H,56,57)/b7-5-,8-6-,13-11-,14-12-,19-17-,20-18-,25-23-,26-24-,31-29-,32-30-,37-35-,38-36-. The molecule has 3 unspecified atom stereocenters. The fraction of sp³-hybridized carbons (Fsp3) is 0.460. The molecule has 0 aliphatic rings. The lowest BCUT2D eigenvalue weighted by Gasteiger charge is -2.20. The summed E-state index contributed by atoms with van der Waals surface area (Å²) in [5, 5.41) is 8.89. The lowest BCUT2D eigenvalue weighted by molar-refractivity contribution is -0.161. The number of allylic oxidation sites excluding steroid dienone is 24. The van der Waals surface area contributed by atoms with Gasteiger partial charge in [-0.3, -0.25) is 23.4 Å². The molecule has 0 rings (SSSR count). The number of hydrogen-bond acceptors (Lipinski definition) is 9. The lowest BCUT2D eigenvalue weighted by atomic mass is 10.2. The largest absolute Gasteiger partial charge is 0.480 e. The Morgan fingerprint density at radius 1 is 0.484 bits per heavy atom. The zero-order valence-corrected chi connectivity index (χ0v) is 38.0. The van der Waals surface area contributed by atoms with Crippen LogP contribution in [0.5, 0.6) is 0 Å². The Morgan fingerprint density at radius 2 is 0.790 bits per heavy atom. The quantitative estimate of drug-likeness (QED) is 0.0306. The van der Waals surface area contributed by atoms with Crippen LogP contribution in [0.15, 0.2) is 146 Å². The average molecular weight is 880 g/mol. The summed E-state index contributed by atoms with van der Waals surface area (Å²) in [6.07, 6.45) is 60.9. The number of esters is 2. The van der Waals surface area contributed by atoms with Crippen molar-refractivity contribution in [2.45, 2.75) is 129 Å². The molecule has 12 heteroatoms. The molecule has 0 bridgehead atoms. The van der Waals surface area contributed by atoms with Crippen molar-refractivity contribution in [2.24, 2.45) is 5.73 Å². The van der Waals surface area contributed by atoms with E-state index in [4.69, 9.17) is 24.8 Å². The Hall–Kier alpha value is -4.64. The highest BCUT2D eigenvalue weighted by Gasteiger charge is 2.28. The number of carbonyl (C=O) groups is 3. The zero-order valence-electron chi connectivity index (χ0n) is 37.1. The lowest BCUT2D eigenvalue weighted by Crippen LogP contribution is -2.34. The fourth-order valence-corrected chi connectivity index (χ4v) is 5.54. The van der Waals surface area contributed by atoms with Gasteiger partial charge in [0.25, 0.3) is 0 Å². The third-order valence-electron chi connectivity index (χ3n) is 8.11. The van der Waals surface area contributed by atoms with E-state index in [0.29, 0.717) is 19.3 Å². The van der Waals surface area contributed by atoms with Crippen LogP contribution in [0.2, 0.25) is 0 Å². The van der Waals surface area contributed by atoms with Crippen molar-refractivity contribution >= 4 is 25.7 Å². The first-order chi connectivity index (χ1) is 30.1. The second-order valence-electron chi connectivity index (χ2n) is 13.7. The van der Waals surface area contributed by atoms with Crippen LogP contribution in [0.1, 0.15) is 117 Å². The van der Waals surface area contributed by atoms with E-state index in [1.807, 2.05) is 36.5 Å². The number of carbonyl (C=O) groups excluding carboxylic acids is 2. The Kier molecular flexibility index (Phi) is 39.8. The molecule has 0 aromatic carbocycles. The monoisotopic (exact) mass is 880 g/mol. The first-order valence-corrected chi connectivity index (χ1v) is 23.4. The van der Waals surface area contributed by atoms with Crippen molar-refractivity contribution in [1.29, 1.82) is 0 Å². The number of carboxylic acid groups (broad SMARTS) is 1. The van der Waals surface area contributed by atoms with Crippen LogP contribution in [-0.4, -0.2) is 59.9 Å². The van der Waals surface area contributed by atoms with Gasteiger partial charge in [0, 0.05) is 12.8 Å². The first-order valence-electron chi connectivity index (χ1n) is 21.9. The molecule has 0 heterocycles. The molecule has 62 heavy (non-hydrogen) atoms. The molecule has 344 valence electrons. The molecule has 0 saturated heterocycles. The minimum Gasteiger partial charge on any atom is -0.480 e. The fourth-order valence-electron chi connectivity index (χ4n) is 4.76. The van der Waals surface area contributed by atoms with Gasteiger partial charge >= 0.3 is 25.7 Å². The topological polar surface area (TPSA) is 172 Å². The zero-order chi connectivity index (χ0) is 45.6. The molecule has 0 aromatic rings. The molecular weight excluding hydrogens is 806 g/mol. The van der Waals surface area contributed by atoms with Gasteiger partial charge in [-0.1, -0.05) is 160 Å². The summed E-state index contributed by atoms with van der Waals surface area (Å²) in [5.74, 6) is -2.62. The highest BCUT2D eigenvalue weighted by Crippen LogP contribution is 2.43. The van der Waals surface area contributed by atoms with Gasteiger partial charge in [-0.2, -0.15) is 0 Å². The van der Waals surface area contributed by atoms with Crippen molar-refractivity contribution in [2.75, 3.05) is 19.8 Å². The van der Waals surface area contributed by atoms with Gasteiger partial charge in [0.1, 0.15) is 12.6 Å². The Labute approximate surface area is 372 Å². The van der Waals surface area contributed by atoms with Crippen LogP contribution < -0.4 is 5.73 Å². The average Bonchev–Trinajstić information content (AvgIpc) is 3.25.